The first-order valence-corrected chi connectivity index (χ1v) is 8.44. The zero-order chi connectivity index (χ0) is 17.6. The molecule has 130 valence electrons. The van der Waals surface area contributed by atoms with Crippen molar-refractivity contribution in [2.45, 2.75) is 51.6 Å². The molecule has 0 atom stereocenters. The fraction of sp³-hybridized carbons (Fsp3) is 0.500. The number of nitrogens with one attached hydrogen (secondary N) is 2. The minimum atomic E-state index is -0.833. The van der Waals surface area contributed by atoms with Gasteiger partial charge in [-0.2, -0.15) is 0 Å². The zero-order valence-corrected chi connectivity index (χ0v) is 14.3. The predicted octanol–water partition coefficient (Wildman–Crippen LogP) is 1.91. The third-order valence-corrected chi connectivity index (χ3v) is 4.41. The van der Waals surface area contributed by atoms with Gasteiger partial charge in [-0.05, 0) is 31.4 Å². The van der Waals surface area contributed by atoms with Gasteiger partial charge in [0.05, 0.1) is 16.5 Å². The molecule has 0 aliphatic rings. The largest absolute Gasteiger partial charge is 0.388 e. The van der Waals surface area contributed by atoms with E-state index < -0.39 is 5.60 Å². The van der Waals surface area contributed by atoms with Crippen molar-refractivity contribution in [2.75, 3.05) is 6.54 Å². The Morgan fingerprint density at radius 3 is 2.71 bits per heavy atom. The van der Waals surface area contributed by atoms with Crippen molar-refractivity contribution in [1.82, 2.24) is 15.3 Å². The topological polar surface area (TPSA) is 95.1 Å². The van der Waals surface area contributed by atoms with Gasteiger partial charge in [0.2, 0.25) is 5.91 Å². The molecule has 0 radical (unpaired) electrons. The molecule has 0 saturated heterocycles. The second-order valence-electron chi connectivity index (χ2n) is 6.09. The molecule has 1 heterocycles. The highest BCUT2D eigenvalue weighted by atomic mass is 16.3. The van der Waals surface area contributed by atoms with Crippen molar-refractivity contribution in [2.24, 2.45) is 0 Å². The number of benzene rings is 1. The Hall–Kier alpha value is -2.21. The van der Waals surface area contributed by atoms with Gasteiger partial charge in [0, 0.05) is 19.4 Å². The first-order valence-electron chi connectivity index (χ1n) is 8.44. The predicted molar refractivity (Wildman–Crippen MR) is 93.8 cm³/mol. The van der Waals surface area contributed by atoms with Crippen LogP contribution < -0.4 is 10.9 Å². The molecule has 2 aromatic rings. The van der Waals surface area contributed by atoms with Crippen LogP contribution in [-0.4, -0.2) is 33.1 Å². The highest BCUT2D eigenvalue weighted by Gasteiger charge is 2.22. The third kappa shape index (κ3) is 4.64. The van der Waals surface area contributed by atoms with Gasteiger partial charge in [0.1, 0.15) is 5.82 Å². The molecule has 6 nitrogen and oxygen atoms in total. The van der Waals surface area contributed by atoms with Crippen molar-refractivity contribution in [3.63, 3.8) is 0 Å². The quantitative estimate of drug-likeness (QED) is 0.688. The first-order chi connectivity index (χ1) is 11.5. The summed E-state index contributed by atoms with van der Waals surface area (Å²) in [6.45, 7) is 4.07. The smallest absolute Gasteiger partial charge is 0.258 e. The van der Waals surface area contributed by atoms with E-state index >= 15 is 0 Å². The molecule has 1 aromatic carbocycles. The van der Waals surface area contributed by atoms with E-state index in [-0.39, 0.29) is 18.0 Å². The maximum absolute atomic E-state index is 12.0. The van der Waals surface area contributed by atoms with Gasteiger partial charge < -0.3 is 15.4 Å². The molecule has 0 spiro atoms. The summed E-state index contributed by atoms with van der Waals surface area (Å²) >= 11 is 0. The van der Waals surface area contributed by atoms with Crippen LogP contribution in [0.15, 0.2) is 29.1 Å². The van der Waals surface area contributed by atoms with E-state index in [9.17, 15) is 14.7 Å². The number of para-hydroxylation sites is 1. The highest BCUT2D eigenvalue weighted by Crippen LogP contribution is 2.13. The molecule has 6 heteroatoms. The van der Waals surface area contributed by atoms with E-state index in [1.165, 1.54) is 0 Å². The summed E-state index contributed by atoms with van der Waals surface area (Å²) in [5, 5.41) is 13.5. The Balaban J connectivity index is 1.86. The highest BCUT2D eigenvalue weighted by molar-refractivity contribution is 5.77. The van der Waals surface area contributed by atoms with Crippen LogP contribution >= 0.6 is 0 Å². The number of H-pyrrole nitrogens is 1. The average Bonchev–Trinajstić information content (AvgIpc) is 2.60. The lowest BCUT2D eigenvalue weighted by Crippen LogP contribution is -2.42. The minimum Gasteiger partial charge on any atom is -0.388 e. The molecule has 0 aliphatic heterocycles. The molecule has 1 aromatic heterocycles. The van der Waals surface area contributed by atoms with E-state index in [0.717, 1.165) is 0 Å². The summed E-state index contributed by atoms with van der Waals surface area (Å²) in [6.07, 6.45) is 2.65. The third-order valence-electron chi connectivity index (χ3n) is 4.41. The van der Waals surface area contributed by atoms with Crippen LogP contribution in [0.5, 0.6) is 0 Å². The molecule has 2 rings (SSSR count). The van der Waals surface area contributed by atoms with E-state index in [2.05, 4.69) is 15.3 Å². The maximum atomic E-state index is 12.0. The number of fused-ring (bicyclic) bond motifs is 1. The van der Waals surface area contributed by atoms with Crippen molar-refractivity contribution in [3.05, 3.63) is 40.4 Å². The molecule has 0 aliphatic carbocycles. The summed E-state index contributed by atoms with van der Waals surface area (Å²) in [5.41, 5.74) is -0.325. The molecule has 3 N–H and O–H groups in total. The van der Waals surface area contributed by atoms with Crippen LogP contribution in [0.25, 0.3) is 10.9 Å². The van der Waals surface area contributed by atoms with Gasteiger partial charge in [0.25, 0.3) is 5.56 Å². The van der Waals surface area contributed by atoms with Crippen molar-refractivity contribution < 1.29 is 9.90 Å². The van der Waals surface area contributed by atoms with Crippen LogP contribution in [0, 0.1) is 0 Å². The lowest BCUT2D eigenvalue weighted by Gasteiger charge is -2.25. The number of carbonyl (C=O) groups is 1. The molecule has 0 saturated carbocycles. The van der Waals surface area contributed by atoms with Crippen LogP contribution in [-0.2, 0) is 11.2 Å². The fourth-order valence-electron chi connectivity index (χ4n) is 2.52. The first kappa shape index (κ1) is 18.1. The average molecular weight is 331 g/mol. The van der Waals surface area contributed by atoms with E-state index in [4.69, 9.17) is 0 Å². The van der Waals surface area contributed by atoms with Crippen LogP contribution in [0.2, 0.25) is 0 Å². The Labute approximate surface area is 141 Å². The Bertz CT molecular complexity index is 751. The van der Waals surface area contributed by atoms with Gasteiger partial charge in [-0.15, -0.1) is 0 Å². The zero-order valence-electron chi connectivity index (χ0n) is 14.3. The summed E-state index contributed by atoms with van der Waals surface area (Å²) in [7, 11) is 0. The fourth-order valence-corrected chi connectivity index (χ4v) is 2.52. The normalized spacial score (nSPS) is 11.6. The number of amides is 1. The van der Waals surface area contributed by atoms with E-state index in [1.54, 1.807) is 18.2 Å². The number of nitrogens with zero attached hydrogens (tertiary/aromatic N) is 1. The second kappa shape index (κ2) is 8.06. The molecule has 0 bridgehead atoms. The van der Waals surface area contributed by atoms with E-state index in [1.807, 2.05) is 19.9 Å². The SMILES string of the molecule is CCC(O)(CC)CNC(=O)CCCc1nc2ccccc2c(=O)[nH]1. The number of aromatic nitrogens is 2. The number of carbonyl (C=O) groups excluding carboxylic acids is 1. The van der Waals surface area contributed by atoms with Gasteiger partial charge >= 0.3 is 0 Å². The molecular weight excluding hydrogens is 306 g/mol. The lowest BCUT2D eigenvalue weighted by atomic mass is 9.97. The van der Waals surface area contributed by atoms with Crippen LogP contribution in [0.3, 0.4) is 0 Å². The molecule has 1 amide bonds. The lowest BCUT2D eigenvalue weighted by molar-refractivity contribution is -0.122. The van der Waals surface area contributed by atoms with Gasteiger partial charge in [-0.1, -0.05) is 26.0 Å². The molecule has 0 fully saturated rings. The Morgan fingerprint density at radius 2 is 2.00 bits per heavy atom. The molecule has 24 heavy (non-hydrogen) atoms. The summed E-state index contributed by atoms with van der Waals surface area (Å²) < 4.78 is 0. The maximum Gasteiger partial charge on any atom is 0.258 e. The number of hydrogen-bond donors (Lipinski definition) is 3. The number of aryl methyl sites for hydroxylation is 1. The second-order valence-corrected chi connectivity index (χ2v) is 6.09. The standard InChI is InChI=1S/C18H25N3O3/c1-3-18(24,4-2)12-19-16(22)11-7-10-15-20-14-9-6-5-8-13(14)17(23)21-15/h5-6,8-9,24H,3-4,7,10-12H2,1-2H3,(H,19,22)(H,20,21,23). The van der Waals surface area contributed by atoms with Crippen molar-refractivity contribution in [3.8, 4) is 0 Å². The monoisotopic (exact) mass is 331 g/mol. The summed E-state index contributed by atoms with van der Waals surface area (Å²) in [6, 6.07) is 7.18. The number of aliphatic hydroxyl groups is 1. The number of rotatable bonds is 8. The summed E-state index contributed by atoms with van der Waals surface area (Å²) in [4.78, 5) is 31.0. The molecular formula is C18H25N3O3. The van der Waals surface area contributed by atoms with E-state index in [0.29, 0.717) is 48.8 Å². The van der Waals surface area contributed by atoms with Crippen LogP contribution in [0.4, 0.5) is 0 Å². The van der Waals surface area contributed by atoms with Gasteiger partial charge in [0.15, 0.2) is 0 Å². The van der Waals surface area contributed by atoms with Crippen LogP contribution in [0.1, 0.15) is 45.4 Å². The number of aromatic amines is 1. The minimum absolute atomic E-state index is 0.0986. The summed E-state index contributed by atoms with van der Waals surface area (Å²) in [5.74, 6) is 0.489. The number of hydrogen-bond acceptors (Lipinski definition) is 4. The Kier molecular flexibility index (Phi) is 6.09. The Morgan fingerprint density at radius 1 is 1.29 bits per heavy atom. The van der Waals surface area contributed by atoms with Gasteiger partial charge in [-0.3, -0.25) is 9.59 Å². The van der Waals surface area contributed by atoms with Crippen molar-refractivity contribution in [1.29, 1.82) is 0 Å². The van der Waals surface area contributed by atoms with Crippen molar-refractivity contribution >= 4 is 16.8 Å². The molecule has 0 unspecified atom stereocenters. The van der Waals surface area contributed by atoms with Gasteiger partial charge in [-0.25, -0.2) is 4.98 Å².